The van der Waals surface area contributed by atoms with Crippen LogP contribution in [0.5, 0.6) is 0 Å². The number of nitrogens with zero attached hydrogens (tertiary/aromatic N) is 2. The monoisotopic (exact) mass is 336 g/mol. The van der Waals surface area contributed by atoms with Crippen molar-refractivity contribution in [3.8, 4) is 5.69 Å². The molecule has 0 radical (unpaired) electrons. The van der Waals surface area contributed by atoms with Gasteiger partial charge in [0, 0.05) is 5.39 Å². The number of esters is 1. The molecule has 1 aromatic heterocycles. The zero-order valence-corrected chi connectivity index (χ0v) is 13.8. The third-order valence-electron chi connectivity index (χ3n) is 3.86. The van der Waals surface area contributed by atoms with Crippen LogP contribution in [0, 0.1) is 0 Å². The van der Waals surface area contributed by atoms with Gasteiger partial charge in [-0.1, -0.05) is 36.4 Å². The largest absolute Gasteiger partial charge is 0.450 e. The Bertz CT molecular complexity index is 1010. The number of benzene rings is 2. The van der Waals surface area contributed by atoms with Crippen LogP contribution in [0.15, 0.2) is 59.4 Å². The number of aromatic nitrogens is 2. The smallest absolute Gasteiger partial charge is 0.360 e. The van der Waals surface area contributed by atoms with Gasteiger partial charge in [0.1, 0.15) is 0 Å². The second-order valence-corrected chi connectivity index (χ2v) is 5.60. The number of ether oxygens (including phenoxy) is 1. The standard InChI is InChI=1S/C19H16N2O4/c1-12(22)13(2)25-19(24)17-15-10-6-7-11-16(15)18(23)21(20-17)14-8-4-3-5-9-14/h3-11,13H,1-2H3. The molecule has 0 aliphatic carbocycles. The molecule has 1 atom stereocenters. The quantitative estimate of drug-likeness (QED) is 0.684. The minimum Gasteiger partial charge on any atom is -0.450 e. The molecule has 6 nitrogen and oxygen atoms in total. The number of para-hydroxylation sites is 1. The summed E-state index contributed by atoms with van der Waals surface area (Å²) in [4.78, 5) is 36.6. The maximum Gasteiger partial charge on any atom is 0.360 e. The van der Waals surface area contributed by atoms with Crippen LogP contribution in [-0.2, 0) is 9.53 Å². The Kier molecular flexibility index (Phi) is 4.43. The van der Waals surface area contributed by atoms with E-state index in [1.807, 2.05) is 6.07 Å². The van der Waals surface area contributed by atoms with Crippen molar-refractivity contribution in [1.29, 1.82) is 0 Å². The number of Topliss-reactive ketones (excluding diaryl/α,β-unsaturated/α-hetero) is 1. The van der Waals surface area contributed by atoms with E-state index in [1.165, 1.54) is 13.8 Å². The van der Waals surface area contributed by atoms with Crippen LogP contribution in [0.4, 0.5) is 0 Å². The Morgan fingerprint density at radius 2 is 1.60 bits per heavy atom. The predicted octanol–water partition coefficient (Wildman–Crippen LogP) is 2.52. The molecule has 0 N–H and O–H groups in total. The Balaban J connectivity index is 2.21. The van der Waals surface area contributed by atoms with Crippen LogP contribution in [0.25, 0.3) is 16.5 Å². The molecule has 1 unspecified atom stereocenters. The van der Waals surface area contributed by atoms with Crippen LogP contribution >= 0.6 is 0 Å². The van der Waals surface area contributed by atoms with Gasteiger partial charge >= 0.3 is 5.97 Å². The van der Waals surface area contributed by atoms with Crippen LogP contribution in [-0.4, -0.2) is 27.6 Å². The highest BCUT2D eigenvalue weighted by Crippen LogP contribution is 2.16. The van der Waals surface area contributed by atoms with Gasteiger partial charge in [0.2, 0.25) is 0 Å². The Labute approximate surface area is 143 Å². The van der Waals surface area contributed by atoms with E-state index in [-0.39, 0.29) is 17.0 Å². The van der Waals surface area contributed by atoms with E-state index in [0.29, 0.717) is 16.5 Å². The van der Waals surface area contributed by atoms with Gasteiger partial charge in [-0.15, -0.1) is 0 Å². The average molecular weight is 336 g/mol. The summed E-state index contributed by atoms with van der Waals surface area (Å²) in [5.41, 5.74) is 0.192. The minimum atomic E-state index is -0.884. The number of carbonyl (C=O) groups is 2. The van der Waals surface area contributed by atoms with Gasteiger partial charge in [-0.05, 0) is 32.0 Å². The molecule has 3 aromatic rings. The summed E-state index contributed by atoms with van der Waals surface area (Å²) < 4.78 is 6.33. The maximum absolute atomic E-state index is 12.7. The molecule has 0 aliphatic rings. The SMILES string of the molecule is CC(=O)C(C)OC(=O)c1nn(-c2ccccc2)c(=O)c2ccccc12. The zero-order valence-electron chi connectivity index (χ0n) is 13.8. The highest BCUT2D eigenvalue weighted by atomic mass is 16.5. The molecule has 0 bridgehead atoms. The lowest BCUT2D eigenvalue weighted by Crippen LogP contribution is -2.27. The van der Waals surface area contributed by atoms with Gasteiger partial charge < -0.3 is 4.74 Å². The predicted molar refractivity (Wildman–Crippen MR) is 92.9 cm³/mol. The summed E-state index contributed by atoms with van der Waals surface area (Å²) in [6.07, 6.45) is -0.884. The van der Waals surface area contributed by atoms with Crippen molar-refractivity contribution >= 4 is 22.5 Å². The highest BCUT2D eigenvalue weighted by Gasteiger charge is 2.21. The molecule has 1 heterocycles. The summed E-state index contributed by atoms with van der Waals surface area (Å²) in [7, 11) is 0. The van der Waals surface area contributed by atoms with Gasteiger partial charge in [-0.25, -0.2) is 4.79 Å². The summed E-state index contributed by atoms with van der Waals surface area (Å²) in [6.45, 7) is 2.84. The number of carbonyl (C=O) groups excluding carboxylic acids is 2. The number of rotatable bonds is 4. The first kappa shape index (κ1) is 16.6. The zero-order chi connectivity index (χ0) is 18.0. The summed E-state index contributed by atoms with van der Waals surface area (Å²) in [5.74, 6) is -1.02. The number of hydrogen-bond donors (Lipinski definition) is 0. The van der Waals surface area contributed by atoms with Crippen molar-refractivity contribution in [2.75, 3.05) is 0 Å². The fourth-order valence-electron chi connectivity index (χ4n) is 2.38. The lowest BCUT2D eigenvalue weighted by Gasteiger charge is -2.13. The average Bonchev–Trinajstić information content (AvgIpc) is 2.62. The minimum absolute atomic E-state index is 0.00727. The highest BCUT2D eigenvalue weighted by molar-refractivity contribution is 6.03. The van der Waals surface area contributed by atoms with E-state index in [1.54, 1.807) is 48.5 Å². The lowest BCUT2D eigenvalue weighted by atomic mass is 10.1. The molecular formula is C19H16N2O4. The number of hydrogen-bond acceptors (Lipinski definition) is 5. The molecule has 6 heteroatoms. The summed E-state index contributed by atoms with van der Waals surface area (Å²) in [5, 5.41) is 4.94. The molecule has 0 saturated carbocycles. The molecule has 3 rings (SSSR count). The van der Waals surface area contributed by atoms with Crippen molar-refractivity contribution in [2.24, 2.45) is 0 Å². The Hall–Kier alpha value is -3.28. The topological polar surface area (TPSA) is 78.3 Å². The Morgan fingerprint density at radius 1 is 1.00 bits per heavy atom. The molecule has 25 heavy (non-hydrogen) atoms. The molecule has 2 aromatic carbocycles. The van der Waals surface area contributed by atoms with E-state index < -0.39 is 12.1 Å². The van der Waals surface area contributed by atoms with Crippen LogP contribution in [0.1, 0.15) is 24.3 Å². The van der Waals surface area contributed by atoms with Gasteiger partial charge in [-0.2, -0.15) is 9.78 Å². The van der Waals surface area contributed by atoms with Crippen LogP contribution in [0.2, 0.25) is 0 Å². The molecule has 0 saturated heterocycles. The van der Waals surface area contributed by atoms with E-state index in [4.69, 9.17) is 4.74 Å². The fourth-order valence-corrected chi connectivity index (χ4v) is 2.38. The first-order chi connectivity index (χ1) is 12.0. The van der Waals surface area contributed by atoms with Crippen molar-refractivity contribution in [3.05, 3.63) is 70.6 Å². The van der Waals surface area contributed by atoms with Crippen molar-refractivity contribution in [3.63, 3.8) is 0 Å². The number of ketones is 1. The van der Waals surface area contributed by atoms with Gasteiger partial charge in [0.15, 0.2) is 17.6 Å². The first-order valence-corrected chi connectivity index (χ1v) is 7.78. The van der Waals surface area contributed by atoms with E-state index in [9.17, 15) is 14.4 Å². The third kappa shape index (κ3) is 3.19. The molecule has 126 valence electrons. The van der Waals surface area contributed by atoms with Gasteiger partial charge in [0.25, 0.3) is 5.56 Å². The normalized spacial score (nSPS) is 11.9. The summed E-state index contributed by atoms with van der Waals surface area (Å²) >= 11 is 0. The van der Waals surface area contributed by atoms with E-state index in [0.717, 1.165) is 4.68 Å². The Morgan fingerprint density at radius 3 is 2.24 bits per heavy atom. The van der Waals surface area contributed by atoms with Gasteiger partial charge in [-0.3, -0.25) is 9.59 Å². The molecule has 0 spiro atoms. The summed E-state index contributed by atoms with van der Waals surface area (Å²) in [6, 6.07) is 15.5. The molecule has 0 aliphatic heterocycles. The third-order valence-corrected chi connectivity index (χ3v) is 3.86. The van der Waals surface area contributed by atoms with E-state index in [2.05, 4.69) is 5.10 Å². The lowest BCUT2D eigenvalue weighted by molar-refractivity contribution is -0.124. The van der Waals surface area contributed by atoms with Crippen molar-refractivity contribution in [1.82, 2.24) is 9.78 Å². The van der Waals surface area contributed by atoms with Crippen LogP contribution in [0.3, 0.4) is 0 Å². The van der Waals surface area contributed by atoms with Crippen molar-refractivity contribution in [2.45, 2.75) is 20.0 Å². The number of fused-ring (bicyclic) bond motifs is 1. The molecule has 0 amide bonds. The van der Waals surface area contributed by atoms with E-state index >= 15 is 0 Å². The fraction of sp³-hybridized carbons (Fsp3) is 0.158. The van der Waals surface area contributed by atoms with Gasteiger partial charge in [0.05, 0.1) is 11.1 Å². The maximum atomic E-state index is 12.7. The van der Waals surface area contributed by atoms with Crippen molar-refractivity contribution < 1.29 is 14.3 Å². The molecule has 0 fully saturated rings. The first-order valence-electron chi connectivity index (χ1n) is 7.78. The van der Waals surface area contributed by atoms with Crippen LogP contribution < -0.4 is 5.56 Å². The molecular weight excluding hydrogens is 320 g/mol. The second kappa shape index (κ2) is 6.68. The second-order valence-electron chi connectivity index (χ2n) is 5.60.